The van der Waals surface area contributed by atoms with Crippen molar-refractivity contribution in [1.82, 2.24) is 19.3 Å². The number of aryl methyl sites for hydroxylation is 1. The molecule has 0 saturated heterocycles. The Morgan fingerprint density at radius 1 is 1.26 bits per heavy atom. The first-order valence-corrected chi connectivity index (χ1v) is 7.86. The number of aromatic nitrogens is 4. The molecule has 3 atom stereocenters. The molecule has 0 spiro atoms. The van der Waals surface area contributed by atoms with E-state index in [0.717, 1.165) is 24.4 Å². The number of imidazole rings is 1. The van der Waals surface area contributed by atoms with Crippen molar-refractivity contribution < 1.29 is 5.11 Å². The summed E-state index contributed by atoms with van der Waals surface area (Å²) >= 11 is 0. The second kappa shape index (κ2) is 4.45. The lowest BCUT2D eigenvalue weighted by molar-refractivity contribution is 0.0525. The Morgan fingerprint density at radius 3 is 3.04 bits per heavy atom. The monoisotopic (exact) mass is 307 g/mol. The van der Waals surface area contributed by atoms with Gasteiger partial charge in [0, 0.05) is 24.1 Å². The molecule has 1 aromatic carbocycles. The van der Waals surface area contributed by atoms with Crippen molar-refractivity contribution in [1.29, 1.82) is 0 Å². The maximum atomic E-state index is 10.9. The average molecular weight is 307 g/mol. The smallest absolute Gasteiger partial charge is 0.145 e. The van der Waals surface area contributed by atoms with Crippen LogP contribution < -0.4 is 5.73 Å². The highest BCUT2D eigenvalue weighted by atomic mass is 16.3. The highest BCUT2D eigenvalue weighted by Gasteiger charge is 2.41. The van der Waals surface area contributed by atoms with Crippen LogP contribution in [0.15, 0.2) is 42.9 Å². The van der Waals surface area contributed by atoms with Crippen LogP contribution in [0.5, 0.6) is 0 Å². The third-order valence-electron chi connectivity index (χ3n) is 5.14. The van der Waals surface area contributed by atoms with Crippen molar-refractivity contribution in [2.45, 2.75) is 25.1 Å². The summed E-state index contributed by atoms with van der Waals surface area (Å²) < 4.78 is 4.01. The van der Waals surface area contributed by atoms with Gasteiger partial charge in [0.15, 0.2) is 0 Å². The Bertz CT molecular complexity index is 896. The van der Waals surface area contributed by atoms with Gasteiger partial charge in [0.05, 0.1) is 30.0 Å². The maximum absolute atomic E-state index is 10.9. The molecule has 0 amide bonds. The molecule has 116 valence electrons. The van der Waals surface area contributed by atoms with Crippen molar-refractivity contribution in [3.05, 3.63) is 54.1 Å². The van der Waals surface area contributed by atoms with E-state index >= 15 is 0 Å². The van der Waals surface area contributed by atoms with Crippen LogP contribution in [0.2, 0.25) is 0 Å². The molecule has 5 rings (SSSR count). The number of aliphatic hydroxyl groups excluding tert-OH is 1. The first kappa shape index (κ1) is 12.9. The summed E-state index contributed by atoms with van der Waals surface area (Å²) in [5.41, 5.74) is 10.2. The lowest BCUT2D eigenvalue weighted by atomic mass is 9.83. The normalized spacial score (nSPS) is 25.0. The zero-order chi connectivity index (χ0) is 15.6. The van der Waals surface area contributed by atoms with Crippen molar-refractivity contribution in [3.63, 3.8) is 0 Å². The van der Waals surface area contributed by atoms with Crippen LogP contribution in [0.3, 0.4) is 0 Å². The predicted octanol–water partition coefficient (Wildman–Crippen LogP) is 1.99. The van der Waals surface area contributed by atoms with E-state index in [1.165, 1.54) is 11.1 Å². The lowest BCUT2D eigenvalue weighted by Gasteiger charge is -2.34. The molecule has 3 aromatic rings. The minimum atomic E-state index is -0.583. The molecule has 0 fully saturated rings. The van der Waals surface area contributed by atoms with Crippen molar-refractivity contribution in [2.75, 3.05) is 5.73 Å². The van der Waals surface area contributed by atoms with Gasteiger partial charge in [-0.05, 0) is 12.0 Å². The Hall–Kier alpha value is -2.60. The zero-order valence-corrected chi connectivity index (χ0v) is 12.5. The summed E-state index contributed by atoms with van der Waals surface area (Å²) in [7, 11) is 0. The third-order valence-corrected chi connectivity index (χ3v) is 5.14. The van der Waals surface area contributed by atoms with Gasteiger partial charge in [0.1, 0.15) is 11.9 Å². The first-order chi connectivity index (χ1) is 11.2. The number of anilines is 1. The predicted molar refractivity (Wildman–Crippen MR) is 85.5 cm³/mol. The fraction of sp³-hybridized carbons (Fsp3) is 0.294. The molecule has 6 heteroatoms. The summed E-state index contributed by atoms with van der Waals surface area (Å²) in [5.74, 6) is 0.546. The van der Waals surface area contributed by atoms with E-state index in [2.05, 4.69) is 32.8 Å². The molecule has 4 heterocycles. The number of fused-ring (bicyclic) bond motifs is 4. The zero-order valence-electron chi connectivity index (χ0n) is 12.5. The Balaban J connectivity index is 1.63. The van der Waals surface area contributed by atoms with Crippen LogP contribution in [0.25, 0.3) is 11.3 Å². The Labute approximate surface area is 133 Å². The van der Waals surface area contributed by atoms with Gasteiger partial charge in [0.25, 0.3) is 0 Å². The number of hydrogen-bond acceptors (Lipinski definition) is 4. The van der Waals surface area contributed by atoms with E-state index in [-0.39, 0.29) is 12.0 Å². The second-order valence-corrected chi connectivity index (χ2v) is 6.33. The number of nitrogens with two attached hydrogens (primary N) is 1. The van der Waals surface area contributed by atoms with Crippen LogP contribution in [0.4, 0.5) is 5.82 Å². The molecular formula is C17H17N5O. The van der Waals surface area contributed by atoms with E-state index in [9.17, 15) is 5.11 Å². The molecule has 2 aliphatic rings. The molecule has 0 bridgehead atoms. The number of nitrogens with zero attached hydrogens (tertiary/aromatic N) is 4. The SMILES string of the molecule is Nc1cc2n(n1)CC[C@@H]([C@H]1c3ccccc3-c3cncn31)[C@@H]2O. The lowest BCUT2D eigenvalue weighted by Crippen LogP contribution is -2.31. The minimum absolute atomic E-state index is 0.0789. The molecule has 0 unspecified atom stereocenters. The first-order valence-electron chi connectivity index (χ1n) is 7.86. The number of aliphatic hydroxyl groups is 1. The minimum Gasteiger partial charge on any atom is -0.386 e. The molecule has 0 radical (unpaired) electrons. The van der Waals surface area contributed by atoms with Gasteiger partial charge in [-0.3, -0.25) is 4.68 Å². The Morgan fingerprint density at radius 2 is 2.13 bits per heavy atom. The molecule has 3 N–H and O–H groups in total. The van der Waals surface area contributed by atoms with Crippen LogP contribution in [0, 0.1) is 5.92 Å². The standard InChI is InChI=1S/C17H17N5O/c18-15-7-13-17(23)12(5-6-22(13)20-15)16-11-4-2-1-3-10(11)14-8-19-9-21(14)16/h1-4,7-9,12,16-17,23H,5-6H2,(H2,18,20)/t12-,16+,17-/m0/s1. The molecule has 2 aromatic heterocycles. The van der Waals surface area contributed by atoms with E-state index in [1.807, 2.05) is 23.3 Å². The molecule has 23 heavy (non-hydrogen) atoms. The number of rotatable bonds is 1. The highest BCUT2D eigenvalue weighted by Crippen LogP contribution is 2.48. The Kier molecular flexibility index (Phi) is 2.50. The third kappa shape index (κ3) is 1.66. The van der Waals surface area contributed by atoms with E-state index in [0.29, 0.717) is 5.82 Å². The van der Waals surface area contributed by atoms with E-state index in [1.54, 1.807) is 6.07 Å². The van der Waals surface area contributed by atoms with Crippen LogP contribution >= 0.6 is 0 Å². The van der Waals surface area contributed by atoms with E-state index < -0.39 is 6.10 Å². The van der Waals surface area contributed by atoms with Gasteiger partial charge in [-0.25, -0.2) is 4.98 Å². The number of nitrogen functional groups attached to an aromatic ring is 1. The van der Waals surface area contributed by atoms with Crippen LogP contribution in [0.1, 0.15) is 29.8 Å². The van der Waals surface area contributed by atoms with Gasteiger partial charge < -0.3 is 15.4 Å². The molecule has 0 aliphatic carbocycles. The average Bonchev–Trinajstić information content (AvgIpc) is 3.22. The number of hydrogen-bond donors (Lipinski definition) is 2. The molecule has 2 aliphatic heterocycles. The molecular weight excluding hydrogens is 290 g/mol. The summed E-state index contributed by atoms with van der Waals surface area (Å²) in [4.78, 5) is 4.30. The largest absolute Gasteiger partial charge is 0.386 e. The van der Waals surface area contributed by atoms with Gasteiger partial charge in [0.2, 0.25) is 0 Å². The summed E-state index contributed by atoms with van der Waals surface area (Å²) in [6.45, 7) is 0.775. The van der Waals surface area contributed by atoms with Gasteiger partial charge in [-0.2, -0.15) is 5.10 Å². The van der Waals surface area contributed by atoms with Crippen molar-refractivity contribution in [2.24, 2.45) is 5.92 Å². The summed E-state index contributed by atoms with van der Waals surface area (Å²) in [6, 6.07) is 10.3. The highest BCUT2D eigenvalue weighted by molar-refractivity contribution is 5.69. The molecule has 0 saturated carbocycles. The van der Waals surface area contributed by atoms with Crippen LogP contribution in [-0.2, 0) is 6.54 Å². The quantitative estimate of drug-likeness (QED) is 0.720. The summed E-state index contributed by atoms with van der Waals surface area (Å²) in [6.07, 6.45) is 4.04. The topological polar surface area (TPSA) is 81.9 Å². The van der Waals surface area contributed by atoms with E-state index in [4.69, 9.17) is 5.73 Å². The fourth-order valence-corrected chi connectivity index (χ4v) is 4.16. The summed E-state index contributed by atoms with van der Waals surface area (Å²) in [5, 5.41) is 15.2. The van der Waals surface area contributed by atoms with Crippen molar-refractivity contribution in [3.8, 4) is 11.3 Å². The van der Waals surface area contributed by atoms with Crippen LogP contribution in [-0.4, -0.2) is 24.4 Å². The fourth-order valence-electron chi connectivity index (χ4n) is 4.16. The van der Waals surface area contributed by atoms with Gasteiger partial charge >= 0.3 is 0 Å². The van der Waals surface area contributed by atoms with Crippen molar-refractivity contribution >= 4 is 5.82 Å². The van der Waals surface area contributed by atoms with Gasteiger partial charge in [-0.1, -0.05) is 24.3 Å². The van der Waals surface area contributed by atoms with Gasteiger partial charge in [-0.15, -0.1) is 0 Å². The number of benzene rings is 1. The molecule has 6 nitrogen and oxygen atoms in total. The second-order valence-electron chi connectivity index (χ2n) is 6.33. The maximum Gasteiger partial charge on any atom is 0.145 e.